The van der Waals surface area contributed by atoms with Crippen LogP contribution in [0.25, 0.3) is 0 Å². The van der Waals surface area contributed by atoms with Crippen LogP contribution < -0.4 is 0 Å². The lowest BCUT2D eigenvalue weighted by Crippen LogP contribution is -2.43. The molecule has 0 rings (SSSR count). The standard InChI is InChI=1S/C41H72O8S2/c1-5-9-11-13-15-17-19-21-23-25-29-50-31-27-39(44)48-35-41(33-46-37(42)7-3,34-47-38(43)8-4)36-49-40(45)28-32-51-30-26-24-22-20-18-16-14-12-10-6-2/h7-8H,3-6,9-36H2,1-2H3. The summed E-state index contributed by atoms with van der Waals surface area (Å²) in [5.74, 6) is 1.02. The maximum absolute atomic E-state index is 12.7. The third-order valence-electron chi connectivity index (χ3n) is 8.64. The smallest absolute Gasteiger partial charge is 0.330 e. The van der Waals surface area contributed by atoms with Crippen molar-refractivity contribution in [1.82, 2.24) is 0 Å². The summed E-state index contributed by atoms with van der Waals surface area (Å²) in [6.45, 7) is 10.2. The molecule has 0 unspecified atom stereocenters. The number of carbonyl (C=O) groups excluding carboxylic acids is 4. The Labute approximate surface area is 319 Å². The summed E-state index contributed by atoms with van der Waals surface area (Å²) in [7, 11) is 0. The molecule has 296 valence electrons. The van der Waals surface area contributed by atoms with Gasteiger partial charge in [0, 0.05) is 23.7 Å². The minimum Gasteiger partial charge on any atom is -0.465 e. The summed E-state index contributed by atoms with van der Waals surface area (Å²) in [6.07, 6.45) is 28.2. The fraction of sp³-hybridized carbons (Fsp3) is 0.805. The Bertz CT molecular complexity index is 838. The van der Waals surface area contributed by atoms with Gasteiger partial charge in [0.15, 0.2) is 0 Å². The lowest BCUT2D eigenvalue weighted by molar-refractivity contribution is -0.167. The van der Waals surface area contributed by atoms with E-state index in [9.17, 15) is 19.2 Å². The quantitative estimate of drug-likeness (QED) is 0.0262. The number of ether oxygens (including phenoxy) is 4. The van der Waals surface area contributed by atoms with Crippen LogP contribution in [-0.4, -0.2) is 73.3 Å². The van der Waals surface area contributed by atoms with E-state index in [1.165, 1.54) is 116 Å². The molecule has 0 spiro atoms. The summed E-state index contributed by atoms with van der Waals surface area (Å²) in [4.78, 5) is 49.2. The molecular formula is C41H72O8S2. The van der Waals surface area contributed by atoms with Crippen LogP contribution in [0, 0.1) is 5.41 Å². The zero-order chi connectivity index (χ0) is 37.7. The minimum atomic E-state index is -1.28. The summed E-state index contributed by atoms with van der Waals surface area (Å²) in [5.41, 5.74) is -1.28. The van der Waals surface area contributed by atoms with Gasteiger partial charge in [-0.3, -0.25) is 9.59 Å². The fourth-order valence-electron chi connectivity index (χ4n) is 5.33. The Morgan fingerprint density at radius 3 is 1.06 bits per heavy atom. The Balaban J connectivity index is 4.62. The topological polar surface area (TPSA) is 105 Å². The Hall–Kier alpha value is -1.94. The van der Waals surface area contributed by atoms with E-state index >= 15 is 0 Å². The van der Waals surface area contributed by atoms with Gasteiger partial charge in [0.1, 0.15) is 31.8 Å². The van der Waals surface area contributed by atoms with Gasteiger partial charge in [-0.25, -0.2) is 9.59 Å². The second-order valence-corrected chi connectivity index (χ2v) is 16.0. The fourth-order valence-corrected chi connectivity index (χ4v) is 7.17. The van der Waals surface area contributed by atoms with Crippen LogP contribution in [0.1, 0.15) is 155 Å². The van der Waals surface area contributed by atoms with Crippen LogP contribution in [-0.2, 0) is 38.1 Å². The van der Waals surface area contributed by atoms with Crippen LogP contribution in [0.15, 0.2) is 25.3 Å². The van der Waals surface area contributed by atoms with Crippen molar-refractivity contribution in [2.24, 2.45) is 5.41 Å². The minimum absolute atomic E-state index is 0.216. The van der Waals surface area contributed by atoms with Gasteiger partial charge in [0.25, 0.3) is 0 Å². The van der Waals surface area contributed by atoms with Crippen molar-refractivity contribution < 1.29 is 38.1 Å². The van der Waals surface area contributed by atoms with E-state index in [4.69, 9.17) is 18.9 Å². The first-order chi connectivity index (χ1) is 24.8. The van der Waals surface area contributed by atoms with Crippen LogP contribution in [0.2, 0.25) is 0 Å². The lowest BCUT2D eigenvalue weighted by atomic mass is 9.92. The van der Waals surface area contributed by atoms with E-state index < -0.39 is 29.3 Å². The van der Waals surface area contributed by atoms with Gasteiger partial charge < -0.3 is 18.9 Å². The number of hydrogen-bond acceptors (Lipinski definition) is 10. The molecule has 51 heavy (non-hydrogen) atoms. The first kappa shape index (κ1) is 49.1. The number of rotatable bonds is 38. The molecule has 0 atom stereocenters. The maximum Gasteiger partial charge on any atom is 0.330 e. The van der Waals surface area contributed by atoms with E-state index in [1.807, 2.05) is 0 Å². The highest BCUT2D eigenvalue weighted by Gasteiger charge is 2.37. The van der Waals surface area contributed by atoms with Crippen LogP contribution in [0.3, 0.4) is 0 Å². The first-order valence-electron chi connectivity index (χ1n) is 19.9. The number of thioether (sulfide) groups is 2. The molecule has 0 aliphatic rings. The molecule has 0 heterocycles. The third kappa shape index (κ3) is 32.4. The van der Waals surface area contributed by atoms with E-state index in [1.54, 1.807) is 23.5 Å². The van der Waals surface area contributed by atoms with Crippen molar-refractivity contribution in [1.29, 1.82) is 0 Å². The van der Waals surface area contributed by atoms with Crippen molar-refractivity contribution in [3.8, 4) is 0 Å². The van der Waals surface area contributed by atoms with E-state index in [-0.39, 0.29) is 39.3 Å². The molecule has 0 bridgehead atoms. The number of carbonyl (C=O) groups is 4. The lowest BCUT2D eigenvalue weighted by Gasteiger charge is -2.31. The number of unbranched alkanes of at least 4 members (excludes halogenated alkanes) is 18. The van der Waals surface area contributed by atoms with Crippen LogP contribution >= 0.6 is 23.5 Å². The highest BCUT2D eigenvalue weighted by molar-refractivity contribution is 7.99. The first-order valence-corrected chi connectivity index (χ1v) is 22.2. The SMILES string of the molecule is C=CC(=O)OCC(COC(=O)C=C)(COC(=O)CCSCCCCCCCCCCCC)COC(=O)CCSCCCCCCCCCCCC. The molecule has 0 saturated heterocycles. The Morgan fingerprint density at radius 2 is 0.745 bits per heavy atom. The van der Waals surface area contributed by atoms with Crippen molar-refractivity contribution in [2.75, 3.05) is 49.4 Å². The maximum atomic E-state index is 12.7. The van der Waals surface area contributed by atoms with Gasteiger partial charge in [-0.1, -0.05) is 143 Å². The van der Waals surface area contributed by atoms with Gasteiger partial charge in [-0.05, 0) is 24.3 Å². The molecule has 0 aromatic heterocycles. The predicted octanol–water partition coefficient (Wildman–Crippen LogP) is 10.6. The van der Waals surface area contributed by atoms with E-state index in [0.29, 0.717) is 11.5 Å². The average Bonchev–Trinajstić information content (AvgIpc) is 3.14. The molecule has 0 radical (unpaired) electrons. The molecule has 0 aliphatic heterocycles. The molecule has 0 saturated carbocycles. The number of esters is 4. The van der Waals surface area contributed by atoms with Crippen molar-refractivity contribution >= 4 is 47.4 Å². The van der Waals surface area contributed by atoms with Crippen LogP contribution in [0.4, 0.5) is 0 Å². The summed E-state index contributed by atoms with van der Waals surface area (Å²) >= 11 is 3.45. The van der Waals surface area contributed by atoms with Crippen molar-refractivity contribution in [3.63, 3.8) is 0 Å². The zero-order valence-electron chi connectivity index (χ0n) is 32.4. The molecule has 0 N–H and O–H groups in total. The molecule has 10 heteroatoms. The second-order valence-electron chi connectivity index (χ2n) is 13.5. The number of hydrogen-bond donors (Lipinski definition) is 0. The Kier molecular flexibility index (Phi) is 35.0. The monoisotopic (exact) mass is 756 g/mol. The van der Waals surface area contributed by atoms with Gasteiger partial charge in [0.05, 0.1) is 12.8 Å². The molecule has 8 nitrogen and oxygen atoms in total. The average molecular weight is 757 g/mol. The molecule has 0 aromatic rings. The molecular weight excluding hydrogens is 685 g/mol. The third-order valence-corrected chi connectivity index (χ3v) is 10.8. The van der Waals surface area contributed by atoms with E-state index in [2.05, 4.69) is 27.0 Å². The Morgan fingerprint density at radius 1 is 0.451 bits per heavy atom. The van der Waals surface area contributed by atoms with Gasteiger partial charge in [-0.2, -0.15) is 23.5 Å². The van der Waals surface area contributed by atoms with Crippen molar-refractivity contribution in [3.05, 3.63) is 25.3 Å². The molecule has 0 aliphatic carbocycles. The molecule has 0 aromatic carbocycles. The van der Waals surface area contributed by atoms with Crippen LogP contribution in [0.5, 0.6) is 0 Å². The summed E-state index contributed by atoms with van der Waals surface area (Å²) in [5, 5.41) is 0. The second kappa shape index (κ2) is 36.4. The summed E-state index contributed by atoms with van der Waals surface area (Å²) in [6, 6.07) is 0. The highest BCUT2D eigenvalue weighted by atomic mass is 32.2. The van der Waals surface area contributed by atoms with E-state index in [0.717, 1.165) is 36.5 Å². The van der Waals surface area contributed by atoms with Crippen molar-refractivity contribution in [2.45, 2.75) is 155 Å². The zero-order valence-corrected chi connectivity index (χ0v) is 34.0. The normalized spacial score (nSPS) is 11.2. The molecule has 0 fully saturated rings. The largest absolute Gasteiger partial charge is 0.465 e. The van der Waals surface area contributed by atoms with Gasteiger partial charge in [-0.15, -0.1) is 0 Å². The van der Waals surface area contributed by atoms with Gasteiger partial charge >= 0.3 is 23.9 Å². The molecule has 0 amide bonds. The highest BCUT2D eigenvalue weighted by Crippen LogP contribution is 2.23. The summed E-state index contributed by atoms with van der Waals surface area (Å²) < 4.78 is 21.7. The van der Waals surface area contributed by atoms with Gasteiger partial charge in [0.2, 0.25) is 0 Å². The predicted molar refractivity (Wildman–Crippen MR) is 214 cm³/mol.